The number of benzene rings is 1. The number of hydrogen-bond acceptors (Lipinski definition) is 4. The van der Waals surface area contributed by atoms with Gasteiger partial charge in [-0.1, -0.05) is 26.0 Å². The number of sulfonamides is 1. The van der Waals surface area contributed by atoms with E-state index in [0.717, 1.165) is 12.1 Å². The lowest BCUT2D eigenvalue weighted by Gasteiger charge is -2.09. The largest absolute Gasteiger partial charge is 0.468 e. The third kappa shape index (κ3) is 4.70. The molecule has 0 saturated carbocycles. The highest BCUT2D eigenvalue weighted by atomic mass is 32.2. The summed E-state index contributed by atoms with van der Waals surface area (Å²) >= 11 is 0. The normalized spacial score (nSPS) is 12.0. The molecule has 6 heteroatoms. The van der Waals surface area contributed by atoms with Gasteiger partial charge in [0, 0.05) is 12.6 Å². The molecule has 0 fully saturated rings. The van der Waals surface area contributed by atoms with Crippen LogP contribution in [0.3, 0.4) is 0 Å². The molecule has 0 bridgehead atoms. The van der Waals surface area contributed by atoms with Crippen LogP contribution >= 0.6 is 0 Å². The fourth-order valence-electron chi connectivity index (χ4n) is 1.77. The van der Waals surface area contributed by atoms with Crippen molar-refractivity contribution in [3.05, 3.63) is 54.0 Å². The minimum absolute atomic E-state index is 0.145. The van der Waals surface area contributed by atoms with Crippen molar-refractivity contribution in [1.82, 2.24) is 10.0 Å². The number of nitrogens with one attached hydrogen (secondary N) is 2. The van der Waals surface area contributed by atoms with Crippen LogP contribution in [0.2, 0.25) is 0 Å². The molecule has 21 heavy (non-hydrogen) atoms. The first-order chi connectivity index (χ1) is 9.97. The van der Waals surface area contributed by atoms with E-state index < -0.39 is 10.0 Å². The van der Waals surface area contributed by atoms with Crippen molar-refractivity contribution < 1.29 is 12.8 Å². The highest BCUT2D eigenvalue weighted by molar-refractivity contribution is 7.89. The average molecular weight is 308 g/mol. The monoisotopic (exact) mass is 308 g/mol. The van der Waals surface area contributed by atoms with Crippen molar-refractivity contribution in [2.45, 2.75) is 37.9 Å². The molecule has 0 saturated heterocycles. The summed E-state index contributed by atoms with van der Waals surface area (Å²) in [7, 11) is -3.51. The smallest absolute Gasteiger partial charge is 0.240 e. The lowest BCUT2D eigenvalue weighted by atomic mass is 10.2. The maximum Gasteiger partial charge on any atom is 0.240 e. The molecule has 0 aliphatic heterocycles. The number of furan rings is 1. The Morgan fingerprint density at radius 1 is 1.10 bits per heavy atom. The molecule has 0 unspecified atom stereocenters. The van der Waals surface area contributed by atoms with Crippen molar-refractivity contribution in [2.75, 3.05) is 0 Å². The van der Waals surface area contributed by atoms with Crippen molar-refractivity contribution in [3.8, 4) is 0 Å². The Morgan fingerprint density at radius 3 is 2.38 bits per heavy atom. The molecule has 2 rings (SSSR count). The topological polar surface area (TPSA) is 71.3 Å². The Kier molecular flexibility index (Phi) is 5.17. The van der Waals surface area contributed by atoms with Gasteiger partial charge in [0.2, 0.25) is 10.0 Å². The molecule has 0 radical (unpaired) electrons. The van der Waals surface area contributed by atoms with Crippen LogP contribution in [0.1, 0.15) is 25.2 Å². The molecule has 5 nitrogen and oxygen atoms in total. The molecule has 1 aromatic heterocycles. The highest BCUT2D eigenvalue weighted by Crippen LogP contribution is 2.11. The Hall–Kier alpha value is -1.63. The molecule has 2 N–H and O–H groups in total. The predicted octanol–water partition coefficient (Wildman–Crippen LogP) is 2.26. The zero-order chi connectivity index (χ0) is 15.3. The first-order valence-electron chi connectivity index (χ1n) is 6.82. The molecule has 1 heterocycles. The van der Waals surface area contributed by atoms with Crippen LogP contribution in [0.25, 0.3) is 0 Å². The highest BCUT2D eigenvalue weighted by Gasteiger charge is 2.14. The summed E-state index contributed by atoms with van der Waals surface area (Å²) in [4.78, 5) is 0.252. The van der Waals surface area contributed by atoms with Gasteiger partial charge in [-0.3, -0.25) is 0 Å². The van der Waals surface area contributed by atoms with Gasteiger partial charge in [0.05, 0.1) is 17.7 Å². The molecule has 0 atom stereocenters. The van der Waals surface area contributed by atoms with Gasteiger partial charge in [-0.05, 0) is 29.8 Å². The van der Waals surface area contributed by atoms with Crippen LogP contribution in [0.5, 0.6) is 0 Å². The Labute approximate surface area is 125 Å². The van der Waals surface area contributed by atoms with Crippen molar-refractivity contribution >= 4 is 10.0 Å². The van der Waals surface area contributed by atoms with E-state index in [0.29, 0.717) is 11.8 Å². The molecule has 2 aromatic rings. The lowest BCUT2D eigenvalue weighted by Crippen LogP contribution is -2.23. The SMILES string of the molecule is CC(C)NCc1ccc(S(=O)(=O)NCc2ccco2)cc1. The fraction of sp³-hybridized carbons (Fsp3) is 0.333. The van der Waals surface area contributed by atoms with Gasteiger partial charge >= 0.3 is 0 Å². The van der Waals surface area contributed by atoms with E-state index in [1.807, 2.05) is 12.1 Å². The van der Waals surface area contributed by atoms with Crippen LogP contribution in [-0.4, -0.2) is 14.5 Å². The molecule has 0 aliphatic rings. The van der Waals surface area contributed by atoms with E-state index in [1.54, 1.807) is 24.3 Å². The molecule has 1 aromatic carbocycles. The van der Waals surface area contributed by atoms with Crippen LogP contribution < -0.4 is 10.0 Å². The third-order valence-electron chi connectivity index (χ3n) is 2.96. The summed E-state index contributed by atoms with van der Waals surface area (Å²) in [6.45, 7) is 5.00. The molecule has 0 spiro atoms. The van der Waals surface area contributed by atoms with Crippen molar-refractivity contribution in [2.24, 2.45) is 0 Å². The van der Waals surface area contributed by atoms with Crippen molar-refractivity contribution in [3.63, 3.8) is 0 Å². The first kappa shape index (κ1) is 15.8. The van der Waals surface area contributed by atoms with Gasteiger partial charge in [-0.25, -0.2) is 13.1 Å². The van der Waals surface area contributed by atoms with Gasteiger partial charge in [-0.2, -0.15) is 0 Å². The number of hydrogen-bond donors (Lipinski definition) is 2. The predicted molar refractivity (Wildman–Crippen MR) is 81.2 cm³/mol. The second-order valence-corrected chi connectivity index (χ2v) is 6.85. The van der Waals surface area contributed by atoms with Crippen LogP contribution in [-0.2, 0) is 23.1 Å². The maximum absolute atomic E-state index is 12.1. The zero-order valence-corrected chi connectivity index (χ0v) is 13.0. The summed E-state index contributed by atoms with van der Waals surface area (Å²) in [5.41, 5.74) is 1.05. The molecular formula is C15H20N2O3S. The zero-order valence-electron chi connectivity index (χ0n) is 12.2. The molecular weight excluding hydrogens is 288 g/mol. The first-order valence-corrected chi connectivity index (χ1v) is 8.30. The summed E-state index contributed by atoms with van der Waals surface area (Å²) in [6.07, 6.45) is 1.51. The Morgan fingerprint density at radius 2 is 1.81 bits per heavy atom. The van der Waals surface area contributed by atoms with Crippen LogP contribution in [0.4, 0.5) is 0 Å². The average Bonchev–Trinajstić information content (AvgIpc) is 2.97. The fourth-order valence-corrected chi connectivity index (χ4v) is 2.76. The van der Waals surface area contributed by atoms with E-state index in [4.69, 9.17) is 4.42 Å². The van der Waals surface area contributed by atoms with E-state index in [2.05, 4.69) is 23.9 Å². The van der Waals surface area contributed by atoms with Gasteiger partial charge in [0.25, 0.3) is 0 Å². The van der Waals surface area contributed by atoms with Gasteiger partial charge in [0.1, 0.15) is 5.76 Å². The van der Waals surface area contributed by atoms with E-state index in [1.165, 1.54) is 6.26 Å². The van der Waals surface area contributed by atoms with Gasteiger partial charge in [-0.15, -0.1) is 0 Å². The summed E-state index contributed by atoms with van der Waals surface area (Å²) in [5, 5.41) is 3.29. The lowest BCUT2D eigenvalue weighted by molar-refractivity contribution is 0.498. The molecule has 0 aliphatic carbocycles. The maximum atomic E-state index is 12.1. The molecule has 114 valence electrons. The van der Waals surface area contributed by atoms with Crippen molar-refractivity contribution in [1.29, 1.82) is 0 Å². The third-order valence-corrected chi connectivity index (χ3v) is 4.38. The van der Waals surface area contributed by atoms with E-state index in [9.17, 15) is 8.42 Å². The molecule has 0 amide bonds. The van der Waals surface area contributed by atoms with Crippen LogP contribution in [0, 0.1) is 0 Å². The Bertz CT molecular complexity index is 647. The Balaban J connectivity index is 1.99. The second kappa shape index (κ2) is 6.89. The summed E-state index contributed by atoms with van der Waals surface area (Å²) < 4.78 is 31.9. The number of rotatable bonds is 7. The minimum Gasteiger partial charge on any atom is -0.468 e. The van der Waals surface area contributed by atoms with E-state index in [-0.39, 0.29) is 11.4 Å². The minimum atomic E-state index is -3.51. The second-order valence-electron chi connectivity index (χ2n) is 5.08. The van der Waals surface area contributed by atoms with Gasteiger partial charge < -0.3 is 9.73 Å². The van der Waals surface area contributed by atoms with Gasteiger partial charge in [0.15, 0.2) is 0 Å². The van der Waals surface area contributed by atoms with E-state index >= 15 is 0 Å². The summed E-state index contributed by atoms with van der Waals surface area (Å²) in [5.74, 6) is 0.580. The standard InChI is InChI=1S/C15H20N2O3S/c1-12(2)16-10-13-5-7-15(8-6-13)21(18,19)17-11-14-4-3-9-20-14/h3-9,12,16-17H,10-11H2,1-2H3. The van der Waals surface area contributed by atoms with Crippen LogP contribution in [0.15, 0.2) is 52.0 Å². The summed E-state index contributed by atoms with van der Waals surface area (Å²) in [6, 6.07) is 10.7. The quantitative estimate of drug-likeness (QED) is 0.823.